The number of benzene rings is 2. The molecule has 31 heavy (non-hydrogen) atoms. The van der Waals surface area contributed by atoms with E-state index in [0.717, 1.165) is 5.56 Å². The summed E-state index contributed by atoms with van der Waals surface area (Å²) in [4.78, 5) is 32.3. The number of nitrogens with zero attached hydrogens (tertiary/aromatic N) is 2. The van der Waals surface area contributed by atoms with Gasteiger partial charge in [-0.15, -0.1) is 0 Å². The summed E-state index contributed by atoms with van der Waals surface area (Å²) in [6, 6.07) is 15.7. The van der Waals surface area contributed by atoms with Crippen LogP contribution >= 0.6 is 0 Å². The number of pyridine rings is 1. The zero-order chi connectivity index (χ0) is 22.0. The molecular weight excluding hydrogens is 394 g/mol. The number of amides is 2. The van der Waals surface area contributed by atoms with Crippen molar-refractivity contribution in [3.05, 3.63) is 83.7 Å². The number of nitrogens with one attached hydrogen (secondary N) is 1. The maximum atomic E-state index is 13.5. The largest absolute Gasteiger partial charge is 0.493 e. The molecule has 2 unspecified atom stereocenters. The van der Waals surface area contributed by atoms with E-state index in [1.165, 1.54) is 0 Å². The van der Waals surface area contributed by atoms with Gasteiger partial charge in [0.1, 0.15) is 0 Å². The molecule has 2 aromatic carbocycles. The Balaban J connectivity index is 1.83. The van der Waals surface area contributed by atoms with Gasteiger partial charge in [-0.25, -0.2) is 0 Å². The van der Waals surface area contributed by atoms with Crippen LogP contribution in [0.25, 0.3) is 0 Å². The van der Waals surface area contributed by atoms with Crippen LogP contribution in [0.3, 0.4) is 0 Å². The Labute approximate surface area is 180 Å². The normalized spacial score (nSPS) is 17.6. The highest BCUT2D eigenvalue weighted by Crippen LogP contribution is 2.44. The van der Waals surface area contributed by atoms with Crippen LogP contribution in [0.5, 0.6) is 11.5 Å². The first kappa shape index (κ1) is 20.4. The molecule has 2 atom stereocenters. The highest BCUT2D eigenvalue weighted by atomic mass is 16.5. The summed E-state index contributed by atoms with van der Waals surface area (Å²) in [6.07, 6.45) is 3.23. The quantitative estimate of drug-likeness (QED) is 0.685. The SMILES string of the molecule is COc1ccc(C2C(C(=O)Nc3cccnc3)c3ccccc3C(=O)N2C)cc1OC. The highest BCUT2D eigenvalue weighted by Gasteiger charge is 2.42. The summed E-state index contributed by atoms with van der Waals surface area (Å²) in [5.74, 6) is 0.122. The predicted molar refractivity (Wildman–Crippen MR) is 116 cm³/mol. The van der Waals surface area contributed by atoms with Gasteiger partial charge in [0, 0.05) is 18.8 Å². The number of methoxy groups -OCH3 is 2. The number of hydrogen-bond donors (Lipinski definition) is 1. The average molecular weight is 417 g/mol. The van der Waals surface area contributed by atoms with Gasteiger partial charge in [0.2, 0.25) is 5.91 Å². The van der Waals surface area contributed by atoms with Crippen LogP contribution in [0.2, 0.25) is 0 Å². The Morgan fingerprint density at radius 1 is 1.03 bits per heavy atom. The van der Waals surface area contributed by atoms with Crippen molar-refractivity contribution in [2.45, 2.75) is 12.0 Å². The van der Waals surface area contributed by atoms with Crippen LogP contribution in [-0.2, 0) is 4.79 Å². The number of hydrogen-bond acceptors (Lipinski definition) is 5. The van der Waals surface area contributed by atoms with Crippen molar-refractivity contribution in [1.82, 2.24) is 9.88 Å². The standard InChI is InChI=1S/C24H23N3O4/c1-27-22(15-10-11-19(30-2)20(13-15)31-3)21(17-8-4-5-9-18(17)24(27)29)23(28)26-16-7-6-12-25-14-16/h4-14,21-22H,1-3H3,(H,26,28). The Hall–Kier alpha value is -3.87. The van der Waals surface area contributed by atoms with E-state index in [1.54, 1.807) is 68.9 Å². The third-order valence-corrected chi connectivity index (χ3v) is 5.54. The second-order valence-corrected chi connectivity index (χ2v) is 7.27. The maximum Gasteiger partial charge on any atom is 0.254 e. The molecule has 158 valence electrons. The number of rotatable bonds is 5. The first-order valence-corrected chi connectivity index (χ1v) is 9.84. The number of anilines is 1. The van der Waals surface area contributed by atoms with Crippen molar-refractivity contribution < 1.29 is 19.1 Å². The molecule has 0 radical (unpaired) electrons. The van der Waals surface area contributed by atoms with Gasteiger partial charge < -0.3 is 19.7 Å². The number of likely N-dealkylation sites (N-methyl/N-ethyl adjacent to an activating group) is 1. The number of fused-ring (bicyclic) bond motifs is 1. The van der Waals surface area contributed by atoms with E-state index in [4.69, 9.17) is 9.47 Å². The molecular formula is C24H23N3O4. The van der Waals surface area contributed by atoms with Crippen molar-refractivity contribution in [3.8, 4) is 11.5 Å². The van der Waals surface area contributed by atoms with Gasteiger partial charge in [0.15, 0.2) is 11.5 Å². The number of aromatic nitrogens is 1. The molecule has 0 saturated heterocycles. The monoisotopic (exact) mass is 417 g/mol. The van der Waals surface area contributed by atoms with E-state index in [1.807, 2.05) is 24.3 Å². The van der Waals surface area contributed by atoms with Crippen LogP contribution in [0, 0.1) is 0 Å². The molecule has 1 aliphatic rings. The third-order valence-electron chi connectivity index (χ3n) is 5.54. The molecule has 0 aliphatic carbocycles. The fourth-order valence-corrected chi connectivity index (χ4v) is 4.07. The molecule has 7 heteroatoms. The van der Waals surface area contributed by atoms with Crippen LogP contribution in [0.15, 0.2) is 67.0 Å². The number of carbonyl (C=O) groups excluding carboxylic acids is 2. The molecule has 1 aromatic heterocycles. The summed E-state index contributed by atoms with van der Waals surface area (Å²) in [5.41, 5.74) is 2.57. The first-order chi connectivity index (χ1) is 15.0. The topological polar surface area (TPSA) is 80.8 Å². The number of carbonyl (C=O) groups is 2. The van der Waals surface area contributed by atoms with Gasteiger partial charge in [0.05, 0.1) is 38.1 Å². The van der Waals surface area contributed by atoms with Crippen LogP contribution in [0.4, 0.5) is 5.69 Å². The van der Waals surface area contributed by atoms with Crippen molar-refractivity contribution in [1.29, 1.82) is 0 Å². The van der Waals surface area contributed by atoms with E-state index >= 15 is 0 Å². The lowest BCUT2D eigenvalue weighted by Gasteiger charge is -2.39. The van der Waals surface area contributed by atoms with Gasteiger partial charge in [-0.05, 0) is 41.5 Å². The van der Waals surface area contributed by atoms with Gasteiger partial charge in [-0.3, -0.25) is 14.6 Å². The van der Waals surface area contributed by atoms with E-state index in [-0.39, 0.29) is 11.8 Å². The minimum absolute atomic E-state index is 0.138. The zero-order valence-corrected chi connectivity index (χ0v) is 17.5. The molecule has 0 spiro atoms. The van der Waals surface area contributed by atoms with E-state index in [9.17, 15) is 9.59 Å². The van der Waals surface area contributed by atoms with Crippen molar-refractivity contribution in [2.75, 3.05) is 26.6 Å². The van der Waals surface area contributed by atoms with Gasteiger partial charge in [0.25, 0.3) is 5.91 Å². The molecule has 0 saturated carbocycles. The van der Waals surface area contributed by atoms with Crippen molar-refractivity contribution in [3.63, 3.8) is 0 Å². The first-order valence-electron chi connectivity index (χ1n) is 9.84. The van der Waals surface area contributed by atoms with Gasteiger partial charge >= 0.3 is 0 Å². The second kappa shape index (κ2) is 8.47. The fraction of sp³-hybridized carbons (Fsp3) is 0.208. The van der Waals surface area contributed by atoms with Crippen molar-refractivity contribution >= 4 is 17.5 Å². The van der Waals surface area contributed by atoms with E-state index in [2.05, 4.69) is 10.3 Å². The summed E-state index contributed by atoms with van der Waals surface area (Å²) in [7, 11) is 4.83. The van der Waals surface area contributed by atoms with Crippen LogP contribution in [0.1, 0.15) is 33.4 Å². The van der Waals surface area contributed by atoms with Crippen molar-refractivity contribution in [2.24, 2.45) is 0 Å². The predicted octanol–water partition coefficient (Wildman–Crippen LogP) is 3.65. The summed E-state index contributed by atoms with van der Waals surface area (Å²) < 4.78 is 10.8. The molecule has 4 rings (SSSR count). The van der Waals surface area contributed by atoms with Crippen LogP contribution in [-0.4, -0.2) is 43.0 Å². The average Bonchev–Trinajstić information content (AvgIpc) is 2.81. The van der Waals surface area contributed by atoms with Crippen LogP contribution < -0.4 is 14.8 Å². The zero-order valence-electron chi connectivity index (χ0n) is 17.5. The molecule has 2 heterocycles. The minimum Gasteiger partial charge on any atom is -0.493 e. The second-order valence-electron chi connectivity index (χ2n) is 7.27. The third kappa shape index (κ3) is 3.70. The maximum absolute atomic E-state index is 13.5. The van der Waals surface area contributed by atoms with E-state index in [0.29, 0.717) is 28.3 Å². The van der Waals surface area contributed by atoms with E-state index < -0.39 is 12.0 Å². The Kier molecular flexibility index (Phi) is 5.58. The molecule has 7 nitrogen and oxygen atoms in total. The highest BCUT2D eigenvalue weighted by molar-refractivity contribution is 6.04. The van der Waals surface area contributed by atoms with Gasteiger partial charge in [-0.2, -0.15) is 0 Å². The summed E-state index contributed by atoms with van der Waals surface area (Å²) in [6.45, 7) is 0. The van der Waals surface area contributed by atoms with Gasteiger partial charge in [-0.1, -0.05) is 24.3 Å². The Morgan fingerprint density at radius 2 is 1.81 bits per heavy atom. The summed E-state index contributed by atoms with van der Waals surface area (Å²) in [5, 5.41) is 2.94. The Morgan fingerprint density at radius 3 is 2.52 bits per heavy atom. The molecule has 1 aliphatic heterocycles. The fourth-order valence-electron chi connectivity index (χ4n) is 4.07. The molecule has 0 bridgehead atoms. The smallest absolute Gasteiger partial charge is 0.254 e. The Bertz CT molecular complexity index is 1120. The molecule has 1 N–H and O–H groups in total. The lowest BCUT2D eigenvalue weighted by Crippen LogP contribution is -2.44. The lowest BCUT2D eigenvalue weighted by molar-refractivity contribution is -0.119. The lowest BCUT2D eigenvalue weighted by atomic mass is 9.79. The number of ether oxygens (including phenoxy) is 2. The summed E-state index contributed by atoms with van der Waals surface area (Å²) >= 11 is 0. The molecule has 2 amide bonds. The molecule has 0 fully saturated rings. The molecule has 3 aromatic rings. The minimum atomic E-state index is -0.628.